The van der Waals surface area contributed by atoms with E-state index in [1.807, 2.05) is 0 Å². The van der Waals surface area contributed by atoms with Crippen molar-refractivity contribution in [1.82, 2.24) is 31.5 Å². The number of hydrogen-bond donors (Lipinski definition) is 5. The highest BCUT2D eigenvalue weighted by atomic mass is 16.2. The van der Waals surface area contributed by atoms with Crippen molar-refractivity contribution in [3.8, 4) is 0 Å². The fourth-order valence-corrected chi connectivity index (χ4v) is 5.28. The van der Waals surface area contributed by atoms with Crippen molar-refractivity contribution in [2.75, 3.05) is 27.2 Å². The third kappa shape index (κ3) is 6.87. The van der Waals surface area contributed by atoms with Gasteiger partial charge in [-0.25, -0.2) is 4.79 Å². The van der Waals surface area contributed by atoms with Crippen LogP contribution in [0.1, 0.15) is 64.7 Å². The Morgan fingerprint density at radius 1 is 1.00 bits per heavy atom. The number of nitrogens with zero attached hydrogens (tertiary/aromatic N) is 1. The molecule has 1 saturated heterocycles. The van der Waals surface area contributed by atoms with Crippen LogP contribution in [0.25, 0.3) is 0 Å². The van der Waals surface area contributed by atoms with Crippen LogP contribution in [0.15, 0.2) is 0 Å². The monoisotopic (exact) mass is 394 g/mol. The van der Waals surface area contributed by atoms with Crippen LogP contribution in [0.4, 0.5) is 4.79 Å². The molecule has 2 aliphatic carbocycles. The predicted molar refractivity (Wildman–Crippen MR) is 114 cm³/mol. The van der Waals surface area contributed by atoms with Gasteiger partial charge in [-0.15, -0.1) is 0 Å². The first kappa shape index (κ1) is 21.8. The molecule has 28 heavy (non-hydrogen) atoms. The predicted octanol–water partition coefficient (Wildman–Crippen LogP) is 1.77. The van der Waals surface area contributed by atoms with Gasteiger partial charge in [-0.2, -0.15) is 0 Å². The van der Waals surface area contributed by atoms with Crippen molar-refractivity contribution in [1.29, 1.82) is 0 Å². The third-order valence-electron chi connectivity index (χ3n) is 6.73. The van der Waals surface area contributed by atoms with Gasteiger partial charge in [-0.1, -0.05) is 25.7 Å². The second kappa shape index (κ2) is 10.8. The number of carbonyl (C=O) groups excluding carboxylic acids is 1. The summed E-state index contributed by atoms with van der Waals surface area (Å²) in [6.07, 6.45) is 11.3. The summed E-state index contributed by atoms with van der Waals surface area (Å²) in [6.45, 7) is 4.24. The lowest BCUT2D eigenvalue weighted by Crippen LogP contribution is -2.68. The summed E-state index contributed by atoms with van der Waals surface area (Å²) in [5.74, 6) is 1.74. The molecule has 6 unspecified atom stereocenters. The topological polar surface area (TPSA) is 80.5 Å². The summed E-state index contributed by atoms with van der Waals surface area (Å²) in [6, 6.07) is 0.639. The molecule has 0 bridgehead atoms. The second-order valence-electron chi connectivity index (χ2n) is 9.50. The Morgan fingerprint density at radius 2 is 1.79 bits per heavy atom. The molecule has 0 radical (unpaired) electrons. The Kier molecular flexibility index (Phi) is 8.38. The number of amides is 2. The van der Waals surface area contributed by atoms with E-state index in [-0.39, 0.29) is 18.5 Å². The van der Waals surface area contributed by atoms with Crippen molar-refractivity contribution in [2.45, 2.75) is 89.3 Å². The van der Waals surface area contributed by atoms with E-state index < -0.39 is 0 Å². The van der Waals surface area contributed by atoms with E-state index in [0.717, 1.165) is 50.6 Å². The van der Waals surface area contributed by atoms with Crippen LogP contribution >= 0.6 is 0 Å². The van der Waals surface area contributed by atoms with Crippen LogP contribution in [0, 0.1) is 11.8 Å². The van der Waals surface area contributed by atoms with E-state index in [1.54, 1.807) is 0 Å². The molecule has 2 saturated carbocycles. The first-order valence-electron chi connectivity index (χ1n) is 11.5. The summed E-state index contributed by atoms with van der Waals surface area (Å²) in [4.78, 5) is 14.8. The largest absolute Gasteiger partial charge is 0.335 e. The van der Waals surface area contributed by atoms with Gasteiger partial charge in [0.1, 0.15) is 6.29 Å². The van der Waals surface area contributed by atoms with Crippen molar-refractivity contribution in [3.05, 3.63) is 0 Å². The highest BCUT2D eigenvalue weighted by Crippen LogP contribution is 2.40. The zero-order valence-corrected chi connectivity index (χ0v) is 18.1. The van der Waals surface area contributed by atoms with Crippen LogP contribution in [0.3, 0.4) is 0 Å². The number of urea groups is 1. The molecule has 1 aliphatic heterocycles. The molecule has 0 aromatic carbocycles. The van der Waals surface area contributed by atoms with Crippen molar-refractivity contribution in [3.63, 3.8) is 0 Å². The minimum absolute atomic E-state index is 0.0512. The minimum atomic E-state index is -0.193. The van der Waals surface area contributed by atoms with E-state index in [1.165, 1.54) is 32.1 Å². The highest BCUT2D eigenvalue weighted by molar-refractivity contribution is 5.74. The molecular weight excluding hydrogens is 352 g/mol. The zero-order chi connectivity index (χ0) is 19.9. The molecular formula is C21H42N6O. The lowest BCUT2D eigenvalue weighted by atomic mass is 9.69. The van der Waals surface area contributed by atoms with Gasteiger partial charge in [0.25, 0.3) is 0 Å². The highest BCUT2D eigenvalue weighted by Gasteiger charge is 2.33. The maximum atomic E-state index is 12.6. The summed E-state index contributed by atoms with van der Waals surface area (Å²) < 4.78 is 0. The molecule has 3 fully saturated rings. The Hall–Kier alpha value is -0.890. The quantitative estimate of drug-likeness (QED) is 0.425. The molecule has 0 aromatic heterocycles. The fourth-order valence-electron chi connectivity index (χ4n) is 5.28. The standard InChI is InChI=1S/C21H42N6O/c1-15-13-19(22-11-6-12-27(2)3)25-20(23-15)26-21(28)24-18-10-9-16-7-4-5-8-17(16)14-18/h15-20,22-23,25H,4-14H2,1-3H3,(H2,24,26,28). The Balaban J connectivity index is 1.38. The number of fused-ring (bicyclic) bond motifs is 1. The zero-order valence-electron chi connectivity index (χ0n) is 18.1. The van der Waals surface area contributed by atoms with Gasteiger partial charge in [-0.3, -0.25) is 10.6 Å². The van der Waals surface area contributed by atoms with E-state index in [2.05, 4.69) is 52.5 Å². The summed E-state index contributed by atoms with van der Waals surface area (Å²) in [5, 5.41) is 16.8. The SMILES string of the molecule is CC1CC(NCCCN(C)C)NC(NC(=O)NC2CCC3CCCCC3C2)N1. The van der Waals surface area contributed by atoms with Crippen molar-refractivity contribution >= 4 is 6.03 Å². The Bertz CT molecular complexity index is 488. The molecule has 7 heteroatoms. The van der Waals surface area contributed by atoms with Gasteiger partial charge in [-0.05, 0) is 78.0 Å². The van der Waals surface area contributed by atoms with Crippen LogP contribution < -0.4 is 26.6 Å². The molecule has 6 atom stereocenters. The Morgan fingerprint density at radius 3 is 2.57 bits per heavy atom. The van der Waals surface area contributed by atoms with Gasteiger partial charge >= 0.3 is 6.03 Å². The number of hydrogen-bond acceptors (Lipinski definition) is 5. The maximum absolute atomic E-state index is 12.6. The molecule has 0 spiro atoms. The lowest BCUT2D eigenvalue weighted by molar-refractivity contribution is 0.141. The van der Waals surface area contributed by atoms with E-state index in [9.17, 15) is 4.79 Å². The first-order valence-corrected chi connectivity index (χ1v) is 11.5. The van der Waals surface area contributed by atoms with Gasteiger partial charge in [0.15, 0.2) is 0 Å². The van der Waals surface area contributed by atoms with Crippen molar-refractivity contribution in [2.24, 2.45) is 11.8 Å². The minimum Gasteiger partial charge on any atom is -0.335 e. The first-order chi connectivity index (χ1) is 13.5. The van der Waals surface area contributed by atoms with E-state index in [4.69, 9.17) is 0 Å². The summed E-state index contributed by atoms with van der Waals surface area (Å²) >= 11 is 0. The average molecular weight is 395 g/mol. The van der Waals surface area contributed by atoms with E-state index >= 15 is 0 Å². The van der Waals surface area contributed by atoms with E-state index in [0.29, 0.717) is 12.1 Å². The number of carbonyl (C=O) groups is 1. The van der Waals surface area contributed by atoms with Crippen LogP contribution in [-0.2, 0) is 0 Å². The van der Waals surface area contributed by atoms with Gasteiger partial charge in [0, 0.05) is 12.1 Å². The van der Waals surface area contributed by atoms with Gasteiger partial charge < -0.3 is 20.9 Å². The summed E-state index contributed by atoms with van der Waals surface area (Å²) in [7, 11) is 4.20. The third-order valence-corrected chi connectivity index (χ3v) is 6.73. The molecule has 1 heterocycles. The molecule has 3 rings (SSSR count). The second-order valence-corrected chi connectivity index (χ2v) is 9.50. The number of nitrogens with one attached hydrogen (secondary N) is 5. The lowest BCUT2D eigenvalue weighted by Gasteiger charge is -2.40. The molecule has 2 amide bonds. The maximum Gasteiger partial charge on any atom is 0.317 e. The average Bonchev–Trinajstić information content (AvgIpc) is 2.64. The molecule has 3 aliphatic rings. The Labute approximate surface area is 171 Å². The molecule has 0 aromatic rings. The normalized spacial score (nSPS) is 36.0. The van der Waals surface area contributed by atoms with Gasteiger partial charge in [0.2, 0.25) is 0 Å². The summed E-state index contributed by atoms with van der Waals surface area (Å²) in [5.41, 5.74) is 0. The molecule has 162 valence electrons. The van der Waals surface area contributed by atoms with Crippen LogP contribution in [0.5, 0.6) is 0 Å². The van der Waals surface area contributed by atoms with Crippen molar-refractivity contribution < 1.29 is 4.79 Å². The van der Waals surface area contributed by atoms with Crippen LogP contribution in [0.2, 0.25) is 0 Å². The van der Waals surface area contributed by atoms with Crippen LogP contribution in [-0.4, -0.2) is 62.7 Å². The molecule has 5 N–H and O–H groups in total. The fraction of sp³-hybridized carbons (Fsp3) is 0.952. The number of rotatable bonds is 7. The smallest absolute Gasteiger partial charge is 0.317 e. The van der Waals surface area contributed by atoms with Gasteiger partial charge in [0.05, 0.1) is 6.17 Å². The molecule has 7 nitrogen and oxygen atoms in total.